The number of carboxylic acids is 1. The molecule has 0 aromatic heterocycles. The Labute approximate surface area is 142 Å². The Hall–Kier alpha value is -1.47. The van der Waals surface area contributed by atoms with Gasteiger partial charge >= 0.3 is 5.97 Å². The van der Waals surface area contributed by atoms with Crippen LogP contribution in [0.1, 0.15) is 18.4 Å². The van der Waals surface area contributed by atoms with E-state index in [-0.39, 0.29) is 31.3 Å². The number of ether oxygens (including phenoxy) is 1. The molecule has 1 N–H and O–H groups in total. The number of likely N-dealkylation sites (tertiary alicyclic amines) is 1. The Balaban J connectivity index is 2.09. The fraction of sp³-hybridized carbons (Fsp3) is 0.500. The van der Waals surface area contributed by atoms with E-state index < -0.39 is 11.4 Å². The van der Waals surface area contributed by atoms with Crippen LogP contribution in [0.4, 0.5) is 4.39 Å². The third-order valence-corrected chi connectivity index (χ3v) is 4.75. The molecule has 1 unspecified atom stereocenters. The number of aliphatic carboxylic acids is 1. The highest BCUT2D eigenvalue weighted by atomic mass is 79.9. The Bertz CT molecular complexity index is 606. The molecule has 0 saturated carbocycles. The number of carbonyl (C=O) groups excluding carboxylic acids is 1. The fourth-order valence-corrected chi connectivity index (χ4v) is 3.34. The largest absolute Gasteiger partial charge is 0.481 e. The topological polar surface area (TPSA) is 66.8 Å². The number of amides is 1. The van der Waals surface area contributed by atoms with Crippen molar-refractivity contribution >= 4 is 27.8 Å². The minimum absolute atomic E-state index is 0.0776. The van der Waals surface area contributed by atoms with Crippen LogP contribution in [0.5, 0.6) is 0 Å². The van der Waals surface area contributed by atoms with E-state index in [0.29, 0.717) is 29.4 Å². The highest BCUT2D eigenvalue weighted by Gasteiger charge is 2.43. The zero-order valence-corrected chi connectivity index (χ0v) is 14.4. The van der Waals surface area contributed by atoms with Crippen LogP contribution in [0.2, 0.25) is 0 Å². The first-order valence-electron chi connectivity index (χ1n) is 7.32. The maximum absolute atomic E-state index is 13.2. The molecule has 1 amide bonds. The lowest BCUT2D eigenvalue weighted by Gasteiger charge is -2.39. The van der Waals surface area contributed by atoms with Gasteiger partial charge in [-0.05, 0) is 46.5 Å². The lowest BCUT2D eigenvalue weighted by atomic mass is 9.80. The van der Waals surface area contributed by atoms with Gasteiger partial charge in [0.25, 0.3) is 0 Å². The standard InChI is InChI=1S/C16H19BrFNO4/c1-23-10-16(15(21)22)5-2-6-19(9-16)14(20)8-11-3-4-13(18)12(17)7-11/h3-4,7H,2,5-6,8-10H2,1H3,(H,21,22). The normalized spacial score (nSPS) is 21.3. The van der Waals surface area contributed by atoms with E-state index in [1.165, 1.54) is 13.2 Å². The molecule has 1 aromatic carbocycles. The first-order chi connectivity index (χ1) is 10.9. The van der Waals surface area contributed by atoms with Crippen LogP contribution in [0.3, 0.4) is 0 Å². The summed E-state index contributed by atoms with van der Waals surface area (Å²) in [5, 5.41) is 9.51. The van der Waals surface area contributed by atoms with Crippen LogP contribution in [-0.2, 0) is 20.7 Å². The van der Waals surface area contributed by atoms with Crippen molar-refractivity contribution in [1.29, 1.82) is 0 Å². The summed E-state index contributed by atoms with van der Waals surface area (Å²) >= 11 is 3.10. The lowest BCUT2D eigenvalue weighted by Crippen LogP contribution is -2.52. The summed E-state index contributed by atoms with van der Waals surface area (Å²) in [5.41, 5.74) is -0.368. The average Bonchev–Trinajstić information content (AvgIpc) is 2.51. The van der Waals surface area contributed by atoms with Gasteiger partial charge in [-0.3, -0.25) is 9.59 Å². The Morgan fingerprint density at radius 3 is 2.83 bits per heavy atom. The monoisotopic (exact) mass is 387 g/mol. The number of nitrogens with zero attached hydrogens (tertiary/aromatic N) is 1. The molecule has 5 nitrogen and oxygen atoms in total. The average molecular weight is 388 g/mol. The van der Waals surface area contributed by atoms with Gasteiger partial charge in [-0.25, -0.2) is 4.39 Å². The summed E-state index contributed by atoms with van der Waals surface area (Å²) in [6.07, 6.45) is 1.22. The number of rotatable bonds is 5. The zero-order chi connectivity index (χ0) is 17.0. The zero-order valence-electron chi connectivity index (χ0n) is 12.8. The van der Waals surface area contributed by atoms with Crippen LogP contribution < -0.4 is 0 Å². The van der Waals surface area contributed by atoms with E-state index in [0.717, 1.165) is 0 Å². The van der Waals surface area contributed by atoms with E-state index >= 15 is 0 Å². The van der Waals surface area contributed by atoms with Crippen LogP contribution in [0.15, 0.2) is 22.7 Å². The summed E-state index contributed by atoms with van der Waals surface area (Å²) in [6, 6.07) is 4.42. The number of methoxy groups -OCH3 is 1. The minimum Gasteiger partial charge on any atom is -0.481 e. The molecule has 1 aliphatic heterocycles. The maximum atomic E-state index is 13.2. The molecular weight excluding hydrogens is 369 g/mol. The molecule has 1 atom stereocenters. The van der Waals surface area contributed by atoms with E-state index in [9.17, 15) is 19.1 Å². The molecule has 1 saturated heterocycles. The van der Waals surface area contributed by atoms with Crippen LogP contribution in [-0.4, -0.2) is 48.7 Å². The van der Waals surface area contributed by atoms with Crippen molar-refractivity contribution in [3.8, 4) is 0 Å². The second-order valence-corrected chi connectivity index (χ2v) is 6.72. The molecule has 1 aliphatic rings. The van der Waals surface area contributed by atoms with Gasteiger partial charge in [0.15, 0.2) is 0 Å². The molecule has 0 radical (unpaired) electrons. The van der Waals surface area contributed by atoms with Gasteiger partial charge in [0.05, 0.1) is 17.5 Å². The number of carbonyl (C=O) groups is 2. The highest BCUT2D eigenvalue weighted by molar-refractivity contribution is 9.10. The Morgan fingerprint density at radius 2 is 2.22 bits per heavy atom. The molecule has 23 heavy (non-hydrogen) atoms. The maximum Gasteiger partial charge on any atom is 0.313 e. The van der Waals surface area contributed by atoms with Gasteiger partial charge in [-0.1, -0.05) is 6.07 Å². The molecule has 0 bridgehead atoms. The van der Waals surface area contributed by atoms with Gasteiger partial charge < -0.3 is 14.7 Å². The van der Waals surface area contributed by atoms with Gasteiger partial charge in [-0.15, -0.1) is 0 Å². The minimum atomic E-state index is -1.05. The lowest BCUT2D eigenvalue weighted by molar-refractivity contribution is -0.159. The first-order valence-corrected chi connectivity index (χ1v) is 8.11. The smallest absolute Gasteiger partial charge is 0.313 e. The summed E-state index contributed by atoms with van der Waals surface area (Å²) in [6.45, 7) is 0.742. The first kappa shape index (κ1) is 17.9. The number of hydrogen-bond acceptors (Lipinski definition) is 3. The molecule has 1 aromatic rings. The number of benzene rings is 1. The molecule has 1 fully saturated rings. The number of piperidine rings is 1. The van der Waals surface area contributed by atoms with E-state index in [1.54, 1.807) is 17.0 Å². The Kier molecular flexibility index (Phi) is 5.75. The fourth-order valence-electron chi connectivity index (χ4n) is 2.91. The number of hydrogen-bond donors (Lipinski definition) is 1. The van der Waals surface area contributed by atoms with Gasteiger partial charge in [0.2, 0.25) is 5.91 Å². The predicted octanol–water partition coefficient (Wildman–Crippen LogP) is 2.47. The summed E-state index contributed by atoms with van der Waals surface area (Å²) in [4.78, 5) is 25.6. The molecule has 7 heteroatoms. The third kappa shape index (κ3) is 4.09. The summed E-state index contributed by atoms with van der Waals surface area (Å²) < 4.78 is 18.6. The van der Waals surface area contributed by atoms with Gasteiger partial charge in [0, 0.05) is 20.2 Å². The number of carboxylic acid groups (broad SMARTS) is 1. The van der Waals surface area contributed by atoms with Crippen molar-refractivity contribution in [1.82, 2.24) is 4.90 Å². The van der Waals surface area contributed by atoms with Crippen molar-refractivity contribution < 1.29 is 23.8 Å². The quantitative estimate of drug-likeness (QED) is 0.842. The van der Waals surface area contributed by atoms with Gasteiger partial charge in [-0.2, -0.15) is 0 Å². The molecule has 0 aliphatic carbocycles. The second-order valence-electron chi connectivity index (χ2n) is 5.86. The van der Waals surface area contributed by atoms with Crippen molar-refractivity contribution in [2.24, 2.45) is 5.41 Å². The molecule has 1 heterocycles. The van der Waals surface area contributed by atoms with Crippen LogP contribution in [0, 0.1) is 11.2 Å². The molecule has 2 rings (SSSR count). The summed E-state index contributed by atoms with van der Waals surface area (Å²) in [5.74, 6) is -1.49. The van der Waals surface area contributed by atoms with E-state index in [4.69, 9.17) is 4.74 Å². The highest BCUT2D eigenvalue weighted by Crippen LogP contribution is 2.31. The van der Waals surface area contributed by atoms with E-state index in [1.807, 2.05) is 0 Å². The third-order valence-electron chi connectivity index (χ3n) is 4.14. The van der Waals surface area contributed by atoms with Crippen molar-refractivity contribution in [2.75, 3.05) is 26.8 Å². The van der Waals surface area contributed by atoms with Crippen molar-refractivity contribution in [3.05, 3.63) is 34.1 Å². The van der Waals surface area contributed by atoms with Crippen molar-refractivity contribution in [3.63, 3.8) is 0 Å². The van der Waals surface area contributed by atoms with Crippen LogP contribution >= 0.6 is 15.9 Å². The van der Waals surface area contributed by atoms with E-state index in [2.05, 4.69) is 15.9 Å². The Morgan fingerprint density at radius 1 is 1.48 bits per heavy atom. The molecular formula is C16H19BrFNO4. The molecule has 126 valence electrons. The molecule has 0 spiro atoms. The summed E-state index contributed by atoms with van der Waals surface area (Å²) in [7, 11) is 1.46. The predicted molar refractivity (Wildman–Crippen MR) is 85.6 cm³/mol. The number of halogens is 2. The van der Waals surface area contributed by atoms with Gasteiger partial charge in [0.1, 0.15) is 11.2 Å². The van der Waals surface area contributed by atoms with Crippen molar-refractivity contribution in [2.45, 2.75) is 19.3 Å². The van der Waals surface area contributed by atoms with Crippen LogP contribution in [0.25, 0.3) is 0 Å². The second kappa shape index (κ2) is 7.40. The SMILES string of the molecule is COCC1(C(=O)O)CCCN(C(=O)Cc2ccc(F)c(Br)c2)C1.